The zero-order chi connectivity index (χ0) is 22.8. The van der Waals surface area contributed by atoms with Crippen molar-refractivity contribution >= 4 is 27.6 Å². The lowest BCUT2D eigenvalue weighted by Crippen LogP contribution is -2.35. The summed E-state index contributed by atoms with van der Waals surface area (Å²) in [5, 5.41) is 8.09. The fourth-order valence-electron chi connectivity index (χ4n) is 2.87. The molecule has 0 aliphatic rings. The number of hydrogen-bond donors (Lipinski definition) is 1. The first-order valence-corrected chi connectivity index (χ1v) is 11.1. The minimum absolute atomic E-state index is 0.0605. The highest BCUT2D eigenvalue weighted by Gasteiger charge is 2.26. The number of nitrogens with zero attached hydrogens (tertiary/aromatic N) is 5. The maximum absolute atomic E-state index is 13.4. The summed E-state index contributed by atoms with van der Waals surface area (Å²) in [4.78, 5) is 18.5. The molecule has 3 rings (SSSR count). The van der Waals surface area contributed by atoms with Gasteiger partial charge in [0.05, 0.1) is 23.3 Å². The minimum atomic E-state index is -3.46. The molecule has 0 aliphatic carbocycles. The SMILES string of the molecule is CCN(C(=O)Oc1cccc(F)c1)c1c(-c2ccc(NS(C)(=O)=O)c(C)n2)nnn1C. The van der Waals surface area contributed by atoms with Crippen LogP contribution in [0.3, 0.4) is 0 Å². The number of nitrogens with one attached hydrogen (secondary N) is 1. The fraction of sp³-hybridized carbons (Fsp3) is 0.263. The molecule has 1 amide bonds. The van der Waals surface area contributed by atoms with Gasteiger partial charge in [0.15, 0.2) is 11.5 Å². The van der Waals surface area contributed by atoms with Gasteiger partial charge in [-0.05, 0) is 38.1 Å². The van der Waals surface area contributed by atoms with Crippen LogP contribution in [0, 0.1) is 12.7 Å². The molecule has 3 aromatic rings. The summed E-state index contributed by atoms with van der Waals surface area (Å²) in [5.41, 5.74) is 1.44. The molecule has 12 heteroatoms. The predicted octanol–water partition coefficient (Wildman–Crippen LogP) is 2.72. The van der Waals surface area contributed by atoms with E-state index in [-0.39, 0.29) is 12.3 Å². The van der Waals surface area contributed by atoms with E-state index < -0.39 is 21.9 Å². The molecule has 31 heavy (non-hydrogen) atoms. The largest absolute Gasteiger partial charge is 0.420 e. The Hall–Kier alpha value is -3.54. The molecule has 2 aromatic heterocycles. The van der Waals surface area contributed by atoms with Crippen LogP contribution < -0.4 is 14.4 Å². The number of aryl methyl sites for hydroxylation is 2. The summed E-state index contributed by atoms with van der Waals surface area (Å²) in [7, 11) is -1.85. The lowest BCUT2D eigenvalue weighted by atomic mass is 10.2. The second-order valence-electron chi connectivity index (χ2n) is 6.66. The number of anilines is 2. The van der Waals surface area contributed by atoms with Crippen molar-refractivity contribution in [2.75, 3.05) is 22.4 Å². The second kappa shape index (κ2) is 8.68. The summed E-state index contributed by atoms with van der Waals surface area (Å²) in [6, 6.07) is 8.37. The molecule has 164 valence electrons. The van der Waals surface area contributed by atoms with Crippen LogP contribution in [0.1, 0.15) is 12.6 Å². The molecular formula is C19H21FN6O4S. The number of ether oxygens (including phenoxy) is 1. The Labute approximate surface area is 178 Å². The van der Waals surface area contributed by atoms with Crippen molar-refractivity contribution in [1.82, 2.24) is 20.0 Å². The van der Waals surface area contributed by atoms with Crippen LogP contribution in [0.25, 0.3) is 11.4 Å². The fourth-order valence-corrected chi connectivity index (χ4v) is 3.49. The van der Waals surface area contributed by atoms with Crippen LogP contribution in [0.5, 0.6) is 5.75 Å². The van der Waals surface area contributed by atoms with Gasteiger partial charge in [0.2, 0.25) is 10.0 Å². The number of benzene rings is 1. The number of aromatic nitrogens is 4. The van der Waals surface area contributed by atoms with Crippen LogP contribution in [0.4, 0.5) is 20.7 Å². The number of carbonyl (C=O) groups excluding carboxylic acids is 1. The van der Waals surface area contributed by atoms with Crippen molar-refractivity contribution in [3.8, 4) is 17.1 Å². The van der Waals surface area contributed by atoms with Gasteiger partial charge < -0.3 is 4.74 Å². The molecule has 0 bridgehead atoms. The van der Waals surface area contributed by atoms with E-state index in [1.54, 1.807) is 33.0 Å². The topological polar surface area (TPSA) is 119 Å². The van der Waals surface area contributed by atoms with Crippen LogP contribution in [0.15, 0.2) is 36.4 Å². The van der Waals surface area contributed by atoms with Crippen LogP contribution in [-0.2, 0) is 17.1 Å². The van der Waals surface area contributed by atoms with Gasteiger partial charge in [-0.25, -0.2) is 27.3 Å². The van der Waals surface area contributed by atoms with Crippen molar-refractivity contribution in [3.05, 3.63) is 47.9 Å². The average molecular weight is 448 g/mol. The molecule has 0 unspecified atom stereocenters. The Bertz CT molecular complexity index is 1230. The molecule has 1 aromatic carbocycles. The summed E-state index contributed by atoms with van der Waals surface area (Å²) < 4.78 is 45.5. The number of amides is 1. The molecule has 0 radical (unpaired) electrons. The average Bonchev–Trinajstić information content (AvgIpc) is 3.04. The normalized spacial score (nSPS) is 11.3. The first-order valence-electron chi connectivity index (χ1n) is 9.19. The Morgan fingerprint density at radius 1 is 1.29 bits per heavy atom. The van der Waals surface area contributed by atoms with Gasteiger partial charge in [0.1, 0.15) is 11.6 Å². The minimum Gasteiger partial charge on any atom is -0.410 e. The van der Waals surface area contributed by atoms with Gasteiger partial charge in [-0.3, -0.25) is 9.62 Å². The van der Waals surface area contributed by atoms with E-state index >= 15 is 0 Å². The maximum atomic E-state index is 13.4. The molecule has 10 nitrogen and oxygen atoms in total. The molecule has 2 heterocycles. The number of carbonyl (C=O) groups is 1. The van der Waals surface area contributed by atoms with Crippen molar-refractivity contribution < 1.29 is 22.3 Å². The van der Waals surface area contributed by atoms with Crippen molar-refractivity contribution in [2.45, 2.75) is 13.8 Å². The van der Waals surface area contributed by atoms with E-state index in [4.69, 9.17) is 4.74 Å². The Morgan fingerprint density at radius 3 is 2.65 bits per heavy atom. The number of sulfonamides is 1. The smallest absolute Gasteiger partial charge is 0.410 e. The quantitative estimate of drug-likeness (QED) is 0.616. The lowest BCUT2D eigenvalue weighted by molar-refractivity contribution is 0.207. The summed E-state index contributed by atoms with van der Waals surface area (Å²) in [5.74, 6) is -0.149. The number of pyridine rings is 1. The molecular weight excluding hydrogens is 427 g/mol. The molecule has 0 saturated carbocycles. The number of halogens is 1. The van der Waals surface area contributed by atoms with Crippen molar-refractivity contribution in [3.63, 3.8) is 0 Å². The van der Waals surface area contributed by atoms with Gasteiger partial charge in [0.25, 0.3) is 0 Å². The van der Waals surface area contributed by atoms with Crippen molar-refractivity contribution in [2.24, 2.45) is 7.05 Å². The number of hydrogen-bond acceptors (Lipinski definition) is 7. The van der Waals surface area contributed by atoms with Gasteiger partial charge in [0, 0.05) is 19.7 Å². The van der Waals surface area contributed by atoms with Gasteiger partial charge in [-0.2, -0.15) is 0 Å². The number of rotatable bonds is 6. The predicted molar refractivity (Wildman–Crippen MR) is 113 cm³/mol. The van der Waals surface area contributed by atoms with Gasteiger partial charge in [-0.15, -0.1) is 5.10 Å². The third-order valence-corrected chi connectivity index (χ3v) is 4.81. The Morgan fingerprint density at radius 2 is 2.03 bits per heavy atom. The summed E-state index contributed by atoms with van der Waals surface area (Å²) in [6.45, 7) is 3.60. The third kappa shape index (κ3) is 5.15. The van der Waals surface area contributed by atoms with E-state index in [0.717, 1.165) is 12.3 Å². The van der Waals surface area contributed by atoms with Crippen LogP contribution in [-0.4, -0.2) is 47.3 Å². The highest BCUT2D eigenvalue weighted by Crippen LogP contribution is 2.29. The van der Waals surface area contributed by atoms with E-state index in [0.29, 0.717) is 28.6 Å². The summed E-state index contributed by atoms with van der Waals surface area (Å²) in [6.07, 6.45) is 0.302. The van der Waals surface area contributed by atoms with E-state index in [1.165, 1.54) is 27.8 Å². The third-order valence-electron chi connectivity index (χ3n) is 4.21. The highest BCUT2D eigenvalue weighted by molar-refractivity contribution is 7.92. The van der Waals surface area contributed by atoms with Crippen LogP contribution in [0.2, 0.25) is 0 Å². The zero-order valence-electron chi connectivity index (χ0n) is 17.3. The maximum Gasteiger partial charge on any atom is 0.420 e. The molecule has 0 saturated heterocycles. The first kappa shape index (κ1) is 22.2. The zero-order valence-corrected chi connectivity index (χ0v) is 18.1. The van der Waals surface area contributed by atoms with Gasteiger partial charge in [-0.1, -0.05) is 11.3 Å². The highest BCUT2D eigenvalue weighted by atomic mass is 32.2. The monoisotopic (exact) mass is 448 g/mol. The Balaban J connectivity index is 1.95. The molecule has 0 aliphatic heterocycles. The summed E-state index contributed by atoms with van der Waals surface area (Å²) >= 11 is 0. The standard InChI is InChI=1S/C19H21FN6O4S/c1-5-26(19(27)30-14-8-6-7-13(20)11-14)18-17(22-24-25(18)3)16-10-9-15(12(2)21-16)23-31(4,28)29/h6-11,23H,5H2,1-4H3. The van der Waals surface area contributed by atoms with E-state index in [1.807, 2.05) is 0 Å². The van der Waals surface area contributed by atoms with Crippen molar-refractivity contribution in [1.29, 1.82) is 0 Å². The Kier molecular flexibility index (Phi) is 6.20. The molecule has 1 N–H and O–H groups in total. The lowest BCUT2D eigenvalue weighted by Gasteiger charge is -2.21. The molecule has 0 atom stereocenters. The van der Waals surface area contributed by atoms with E-state index in [9.17, 15) is 17.6 Å². The second-order valence-corrected chi connectivity index (χ2v) is 8.41. The molecule has 0 fully saturated rings. The van der Waals surface area contributed by atoms with Crippen LogP contribution >= 0.6 is 0 Å². The van der Waals surface area contributed by atoms with Gasteiger partial charge >= 0.3 is 6.09 Å². The molecule has 0 spiro atoms. The first-order chi connectivity index (χ1) is 14.6. The van der Waals surface area contributed by atoms with E-state index in [2.05, 4.69) is 20.0 Å².